The maximum Gasteiger partial charge on any atom is 0.251 e. The summed E-state index contributed by atoms with van der Waals surface area (Å²) in [6.45, 7) is 0.381. The number of amides is 1. The van der Waals surface area contributed by atoms with Crippen molar-refractivity contribution in [2.24, 2.45) is 11.5 Å². The molecule has 82 valence electrons. The molecule has 0 aliphatic heterocycles. The number of carbonyl (C=O) groups excluding carboxylic acids is 1. The van der Waals surface area contributed by atoms with Crippen molar-refractivity contribution in [3.63, 3.8) is 0 Å². The largest absolute Gasteiger partial charge is 0.366 e. The van der Waals surface area contributed by atoms with E-state index in [1.54, 1.807) is 12.4 Å². The molecule has 0 spiro atoms. The number of aromatic nitrogens is 4. The van der Waals surface area contributed by atoms with Gasteiger partial charge in [-0.05, 0) is 0 Å². The van der Waals surface area contributed by atoms with Crippen molar-refractivity contribution < 1.29 is 4.79 Å². The van der Waals surface area contributed by atoms with Gasteiger partial charge in [-0.3, -0.25) is 4.79 Å². The molecular weight excluding hydrogens is 208 g/mol. The highest BCUT2D eigenvalue weighted by Crippen LogP contribution is 2.03. The van der Waals surface area contributed by atoms with Crippen LogP contribution in [0.5, 0.6) is 0 Å². The van der Waals surface area contributed by atoms with E-state index < -0.39 is 5.91 Å². The van der Waals surface area contributed by atoms with Crippen molar-refractivity contribution in [3.05, 3.63) is 35.9 Å². The molecule has 0 aromatic carbocycles. The predicted octanol–water partition coefficient (Wildman–Crippen LogP) is -0.780. The van der Waals surface area contributed by atoms with E-state index in [2.05, 4.69) is 15.1 Å². The van der Waals surface area contributed by atoms with Gasteiger partial charge in [0.1, 0.15) is 0 Å². The van der Waals surface area contributed by atoms with E-state index in [1.165, 1.54) is 17.1 Å². The first-order valence-corrected chi connectivity index (χ1v) is 4.56. The third kappa shape index (κ3) is 1.89. The Bertz CT molecular complexity index is 503. The Labute approximate surface area is 91.1 Å². The molecule has 0 atom stereocenters. The first kappa shape index (κ1) is 10.2. The van der Waals surface area contributed by atoms with E-state index in [4.69, 9.17) is 11.5 Å². The van der Waals surface area contributed by atoms with E-state index in [-0.39, 0.29) is 0 Å². The molecule has 16 heavy (non-hydrogen) atoms. The lowest BCUT2D eigenvalue weighted by molar-refractivity contribution is 0.100. The van der Waals surface area contributed by atoms with Gasteiger partial charge in [0, 0.05) is 30.7 Å². The average molecular weight is 218 g/mol. The van der Waals surface area contributed by atoms with E-state index >= 15 is 0 Å². The average Bonchev–Trinajstić information content (AvgIpc) is 2.78. The summed E-state index contributed by atoms with van der Waals surface area (Å²) in [5.41, 5.74) is 11.7. The second-order valence-corrected chi connectivity index (χ2v) is 3.13. The molecule has 1 amide bonds. The van der Waals surface area contributed by atoms with E-state index in [0.29, 0.717) is 18.1 Å². The molecule has 0 saturated heterocycles. The van der Waals surface area contributed by atoms with Gasteiger partial charge < -0.3 is 11.5 Å². The van der Waals surface area contributed by atoms with Crippen LogP contribution >= 0.6 is 0 Å². The van der Waals surface area contributed by atoms with Crippen LogP contribution in [-0.4, -0.2) is 25.7 Å². The van der Waals surface area contributed by atoms with Crippen LogP contribution in [0, 0.1) is 0 Å². The first-order chi connectivity index (χ1) is 7.70. The van der Waals surface area contributed by atoms with Crippen molar-refractivity contribution in [1.82, 2.24) is 19.7 Å². The van der Waals surface area contributed by atoms with Gasteiger partial charge in [0.2, 0.25) is 5.95 Å². The fourth-order valence-electron chi connectivity index (χ4n) is 1.13. The third-order valence-corrected chi connectivity index (χ3v) is 2.00. The van der Waals surface area contributed by atoms with Crippen molar-refractivity contribution >= 4 is 5.91 Å². The highest BCUT2D eigenvalue weighted by molar-refractivity contribution is 5.92. The predicted molar refractivity (Wildman–Crippen MR) is 55.6 cm³/mol. The Balaban J connectivity index is 2.31. The third-order valence-electron chi connectivity index (χ3n) is 2.00. The smallest absolute Gasteiger partial charge is 0.251 e. The molecule has 0 aliphatic carbocycles. The van der Waals surface area contributed by atoms with Gasteiger partial charge in [-0.1, -0.05) is 0 Å². The van der Waals surface area contributed by atoms with E-state index in [0.717, 1.165) is 5.56 Å². The van der Waals surface area contributed by atoms with Gasteiger partial charge in [-0.15, -0.1) is 0 Å². The van der Waals surface area contributed by atoms with Gasteiger partial charge in [0.15, 0.2) is 0 Å². The fourth-order valence-corrected chi connectivity index (χ4v) is 1.13. The summed E-state index contributed by atoms with van der Waals surface area (Å²) in [6.07, 6.45) is 6.05. The number of nitrogens with two attached hydrogens (primary N) is 2. The zero-order chi connectivity index (χ0) is 11.5. The zero-order valence-corrected chi connectivity index (χ0v) is 8.37. The molecule has 0 bridgehead atoms. The minimum absolute atomic E-state index is 0.312. The second-order valence-electron chi connectivity index (χ2n) is 3.13. The van der Waals surface area contributed by atoms with Crippen LogP contribution in [0.3, 0.4) is 0 Å². The lowest BCUT2D eigenvalue weighted by Gasteiger charge is -1.99. The zero-order valence-electron chi connectivity index (χ0n) is 8.37. The van der Waals surface area contributed by atoms with Crippen molar-refractivity contribution in [2.75, 3.05) is 0 Å². The number of nitrogens with zero attached hydrogens (tertiary/aromatic N) is 4. The maximum absolute atomic E-state index is 10.9. The molecule has 0 radical (unpaired) electrons. The number of carbonyl (C=O) groups is 1. The molecule has 2 aromatic heterocycles. The van der Waals surface area contributed by atoms with E-state index in [9.17, 15) is 4.79 Å². The topological polar surface area (TPSA) is 113 Å². The summed E-state index contributed by atoms with van der Waals surface area (Å²) in [5.74, 6) is -0.172. The Kier molecular flexibility index (Phi) is 2.61. The maximum atomic E-state index is 10.9. The quantitative estimate of drug-likeness (QED) is 0.701. The Hall–Kier alpha value is -2.28. The van der Waals surface area contributed by atoms with Gasteiger partial charge in [-0.2, -0.15) is 5.10 Å². The summed E-state index contributed by atoms with van der Waals surface area (Å²) in [6, 6.07) is 0. The van der Waals surface area contributed by atoms with E-state index in [1.807, 2.05) is 0 Å². The molecule has 0 saturated carbocycles. The van der Waals surface area contributed by atoms with Crippen LogP contribution in [0.1, 0.15) is 15.9 Å². The van der Waals surface area contributed by atoms with Gasteiger partial charge in [0.05, 0.1) is 11.8 Å². The Morgan fingerprint density at radius 3 is 2.50 bits per heavy atom. The van der Waals surface area contributed by atoms with Crippen LogP contribution in [-0.2, 0) is 6.54 Å². The van der Waals surface area contributed by atoms with Crippen molar-refractivity contribution in [1.29, 1.82) is 0 Å². The summed E-state index contributed by atoms with van der Waals surface area (Å²) < 4.78 is 1.38. The minimum atomic E-state index is -0.537. The lowest BCUT2D eigenvalue weighted by atomic mass is 10.3. The normalized spacial score (nSPS) is 10.3. The van der Waals surface area contributed by atoms with Gasteiger partial charge >= 0.3 is 0 Å². The lowest BCUT2D eigenvalue weighted by Crippen LogP contribution is -2.09. The van der Waals surface area contributed by atoms with Crippen LogP contribution in [0.4, 0.5) is 0 Å². The van der Waals surface area contributed by atoms with Crippen LogP contribution in [0.2, 0.25) is 0 Å². The van der Waals surface area contributed by atoms with Crippen LogP contribution < -0.4 is 11.5 Å². The molecule has 2 aromatic rings. The number of primary amides is 1. The summed E-state index contributed by atoms with van der Waals surface area (Å²) in [7, 11) is 0. The van der Waals surface area contributed by atoms with Crippen molar-refractivity contribution in [3.8, 4) is 5.95 Å². The molecule has 7 nitrogen and oxygen atoms in total. The van der Waals surface area contributed by atoms with Gasteiger partial charge in [0.25, 0.3) is 5.91 Å². The van der Waals surface area contributed by atoms with Gasteiger partial charge in [-0.25, -0.2) is 14.6 Å². The summed E-state index contributed by atoms with van der Waals surface area (Å²) in [5, 5.41) is 3.92. The molecular formula is C9H10N6O. The van der Waals surface area contributed by atoms with Crippen molar-refractivity contribution in [2.45, 2.75) is 6.54 Å². The molecule has 4 N–H and O–H groups in total. The van der Waals surface area contributed by atoms with Crippen LogP contribution in [0.25, 0.3) is 5.95 Å². The molecule has 0 fully saturated rings. The monoisotopic (exact) mass is 218 g/mol. The number of hydrogen-bond donors (Lipinski definition) is 2. The Morgan fingerprint density at radius 1 is 1.31 bits per heavy atom. The molecule has 7 heteroatoms. The van der Waals surface area contributed by atoms with Crippen LogP contribution in [0.15, 0.2) is 24.8 Å². The highest BCUT2D eigenvalue weighted by Gasteiger charge is 2.06. The SMILES string of the molecule is NCc1cnc(-n2cc(C(N)=O)cn2)nc1. The molecule has 2 heterocycles. The number of hydrogen-bond acceptors (Lipinski definition) is 5. The second kappa shape index (κ2) is 4.07. The highest BCUT2D eigenvalue weighted by atomic mass is 16.1. The first-order valence-electron chi connectivity index (χ1n) is 4.56. The molecule has 0 aliphatic rings. The standard InChI is InChI=1S/C9H10N6O/c10-1-6-2-12-9(13-3-6)15-5-7(4-14-15)8(11)16/h2-5H,1,10H2,(H2,11,16). The molecule has 0 unspecified atom stereocenters. The summed E-state index contributed by atoms with van der Waals surface area (Å²) in [4.78, 5) is 19.0. The minimum Gasteiger partial charge on any atom is -0.366 e. The fraction of sp³-hybridized carbons (Fsp3) is 0.111. The summed E-state index contributed by atoms with van der Waals surface area (Å²) >= 11 is 0. The Morgan fingerprint density at radius 2 is 2.00 bits per heavy atom. The molecule has 2 rings (SSSR count). The number of rotatable bonds is 3.